The SMILES string of the molecule is CCC(C)(C)c1ccc(-c2ccc(C(C)(C)C)nc2)cn1. The molecule has 0 atom stereocenters. The summed E-state index contributed by atoms with van der Waals surface area (Å²) in [5, 5.41) is 0. The van der Waals surface area contributed by atoms with Gasteiger partial charge in [-0.2, -0.15) is 0 Å². The standard InChI is InChI=1S/C19H26N2/c1-7-19(5,6)17-11-9-15(13-21-17)14-8-10-16(20-12-14)18(2,3)4/h8-13H,7H2,1-6H3. The van der Waals surface area contributed by atoms with Crippen LogP contribution >= 0.6 is 0 Å². The third-order valence-corrected chi connectivity index (χ3v) is 4.21. The van der Waals surface area contributed by atoms with Crippen molar-refractivity contribution in [2.75, 3.05) is 0 Å². The summed E-state index contributed by atoms with van der Waals surface area (Å²) >= 11 is 0. The summed E-state index contributed by atoms with van der Waals surface area (Å²) in [6.07, 6.45) is 4.99. The Morgan fingerprint density at radius 3 is 1.57 bits per heavy atom. The van der Waals surface area contributed by atoms with Gasteiger partial charge in [-0.3, -0.25) is 9.97 Å². The molecule has 2 rings (SSSR count). The van der Waals surface area contributed by atoms with E-state index >= 15 is 0 Å². The Morgan fingerprint density at radius 2 is 1.24 bits per heavy atom. The molecule has 0 amide bonds. The van der Waals surface area contributed by atoms with E-state index in [9.17, 15) is 0 Å². The minimum absolute atomic E-state index is 0.0891. The van der Waals surface area contributed by atoms with E-state index in [1.54, 1.807) is 0 Å². The van der Waals surface area contributed by atoms with Gasteiger partial charge in [-0.15, -0.1) is 0 Å². The van der Waals surface area contributed by atoms with Crippen molar-refractivity contribution < 1.29 is 0 Å². The van der Waals surface area contributed by atoms with Crippen LogP contribution in [-0.4, -0.2) is 9.97 Å². The van der Waals surface area contributed by atoms with Gasteiger partial charge in [-0.05, 0) is 18.6 Å². The van der Waals surface area contributed by atoms with Gasteiger partial charge in [0.25, 0.3) is 0 Å². The predicted octanol–water partition coefficient (Wildman–Crippen LogP) is 5.13. The quantitative estimate of drug-likeness (QED) is 0.780. The molecule has 2 aromatic rings. The normalized spacial score (nSPS) is 12.5. The maximum atomic E-state index is 4.64. The number of hydrogen-bond donors (Lipinski definition) is 0. The third kappa shape index (κ3) is 3.49. The van der Waals surface area contributed by atoms with E-state index in [0.29, 0.717) is 0 Å². The van der Waals surface area contributed by atoms with Gasteiger partial charge in [-0.1, -0.05) is 53.7 Å². The molecule has 0 aromatic carbocycles. The Labute approximate surface area is 128 Å². The van der Waals surface area contributed by atoms with Crippen molar-refractivity contribution in [2.24, 2.45) is 0 Å². The van der Waals surface area contributed by atoms with Crippen molar-refractivity contribution >= 4 is 0 Å². The molecule has 2 heterocycles. The van der Waals surface area contributed by atoms with Crippen molar-refractivity contribution in [1.82, 2.24) is 9.97 Å². The number of aromatic nitrogens is 2. The topological polar surface area (TPSA) is 25.8 Å². The van der Waals surface area contributed by atoms with Crippen molar-refractivity contribution in [1.29, 1.82) is 0 Å². The zero-order chi connectivity index (χ0) is 15.7. The first kappa shape index (κ1) is 15.7. The molecule has 0 N–H and O–H groups in total. The Bertz CT molecular complexity index is 587. The summed E-state index contributed by atoms with van der Waals surface area (Å²) in [6.45, 7) is 13.2. The monoisotopic (exact) mass is 282 g/mol. The van der Waals surface area contributed by atoms with Gasteiger partial charge in [0.1, 0.15) is 0 Å². The smallest absolute Gasteiger partial charge is 0.0460 e. The molecular formula is C19H26N2. The molecule has 0 radical (unpaired) electrons. The van der Waals surface area contributed by atoms with Crippen molar-refractivity contribution in [3.05, 3.63) is 48.0 Å². The Hall–Kier alpha value is -1.70. The molecule has 0 spiro atoms. The molecule has 0 aliphatic carbocycles. The van der Waals surface area contributed by atoms with Gasteiger partial charge in [0.15, 0.2) is 0 Å². The van der Waals surface area contributed by atoms with Gasteiger partial charge in [0, 0.05) is 45.7 Å². The van der Waals surface area contributed by atoms with Crippen LogP contribution in [0.2, 0.25) is 0 Å². The highest BCUT2D eigenvalue weighted by molar-refractivity contribution is 5.61. The number of rotatable bonds is 3. The summed E-state index contributed by atoms with van der Waals surface area (Å²) < 4.78 is 0. The minimum atomic E-state index is 0.0891. The fraction of sp³-hybridized carbons (Fsp3) is 0.474. The fourth-order valence-corrected chi connectivity index (χ4v) is 2.15. The molecule has 21 heavy (non-hydrogen) atoms. The molecule has 2 heteroatoms. The van der Waals surface area contributed by atoms with E-state index in [-0.39, 0.29) is 10.8 Å². The van der Waals surface area contributed by atoms with Gasteiger partial charge in [0.2, 0.25) is 0 Å². The van der Waals surface area contributed by atoms with E-state index in [1.165, 1.54) is 0 Å². The van der Waals surface area contributed by atoms with E-state index < -0.39 is 0 Å². The van der Waals surface area contributed by atoms with E-state index in [0.717, 1.165) is 28.9 Å². The second-order valence-electron chi connectivity index (χ2n) is 7.35. The summed E-state index contributed by atoms with van der Waals surface area (Å²) in [5.41, 5.74) is 4.73. The van der Waals surface area contributed by atoms with Gasteiger partial charge in [0.05, 0.1) is 0 Å². The van der Waals surface area contributed by atoms with Crippen LogP contribution in [-0.2, 0) is 10.8 Å². The van der Waals surface area contributed by atoms with Crippen LogP contribution in [0.25, 0.3) is 11.1 Å². The molecule has 0 fully saturated rings. The molecule has 112 valence electrons. The van der Waals surface area contributed by atoms with Crippen molar-refractivity contribution in [3.8, 4) is 11.1 Å². The molecule has 2 nitrogen and oxygen atoms in total. The van der Waals surface area contributed by atoms with Crippen LogP contribution in [0.4, 0.5) is 0 Å². The Balaban J connectivity index is 2.27. The lowest BCUT2D eigenvalue weighted by atomic mass is 9.86. The number of pyridine rings is 2. The van der Waals surface area contributed by atoms with Crippen molar-refractivity contribution in [2.45, 2.75) is 58.8 Å². The highest BCUT2D eigenvalue weighted by atomic mass is 14.7. The van der Waals surface area contributed by atoms with Gasteiger partial charge in [-0.25, -0.2) is 0 Å². The van der Waals surface area contributed by atoms with Crippen LogP contribution in [0.3, 0.4) is 0 Å². The largest absolute Gasteiger partial charge is 0.260 e. The molecular weight excluding hydrogens is 256 g/mol. The lowest BCUT2D eigenvalue weighted by Gasteiger charge is -2.22. The van der Waals surface area contributed by atoms with Crippen LogP contribution in [0.1, 0.15) is 59.4 Å². The van der Waals surface area contributed by atoms with Crippen molar-refractivity contribution in [3.63, 3.8) is 0 Å². The lowest BCUT2D eigenvalue weighted by Crippen LogP contribution is -2.17. The van der Waals surface area contributed by atoms with Crippen LogP contribution in [0.5, 0.6) is 0 Å². The second kappa shape index (κ2) is 5.59. The maximum Gasteiger partial charge on any atom is 0.0460 e. The highest BCUT2D eigenvalue weighted by Crippen LogP contribution is 2.27. The molecule has 0 unspecified atom stereocenters. The third-order valence-electron chi connectivity index (χ3n) is 4.21. The number of nitrogens with zero attached hydrogens (tertiary/aromatic N) is 2. The van der Waals surface area contributed by atoms with Crippen LogP contribution < -0.4 is 0 Å². The summed E-state index contributed by atoms with van der Waals surface area (Å²) in [5.74, 6) is 0. The average molecular weight is 282 g/mol. The summed E-state index contributed by atoms with van der Waals surface area (Å²) in [6, 6.07) is 8.53. The first-order valence-electron chi connectivity index (χ1n) is 7.67. The molecule has 0 bridgehead atoms. The molecule has 0 saturated heterocycles. The summed E-state index contributed by atoms with van der Waals surface area (Å²) in [4.78, 5) is 9.23. The Morgan fingerprint density at radius 1 is 0.762 bits per heavy atom. The zero-order valence-corrected chi connectivity index (χ0v) is 14.1. The molecule has 0 aliphatic heterocycles. The highest BCUT2D eigenvalue weighted by Gasteiger charge is 2.19. The van der Waals surface area contributed by atoms with E-state index in [4.69, 9.17) is 0 Å². The number of hydrogen-bond acceptors (Lipinski definition) is 2. The molecule has 0 saturated carbocycles. The second-order valence-corrected chi connectivity index (χ2v) is 7.35. The molecule has 0 aliphatic rings. The first-order valence-corrected chi connectivity index (χ1v) is 7.67. The van der Waals surface area contributed by atoms with Gasteiger partial charge >= 0.3 is 0 Å². The average Bonchev–Trinajstić information content (AvgIpc) is 2.47. The van der Waals surface area contributed by atoms with Crippen LogP contribution in [0.15, 0.2) is 36.7 Å². The lowest BCUT2D eigenvalue weighted by molar-refractivity contribution is 0.490. The summed E-state index contributed by atoms with van der Waals surface area (Å²) in [7, 11) is 0. The predicted molar refractivity (Wildman–Crippen MR) is 89.5 cm³/mol. The molecule has 2 aromatic heterocycles. The van der Waals surface area contributed by atoms with Gasteiger partial charge < -0.3 is 0 Å². The first-order chi connectivity index (χ1) is 9.74. The Kier molecular flexibility index (Phi) is 4.18. The fourth-order valence-electron chi connectivity index (χ4n) is 2.15. The van der Waals surface area contributed by atoms with E-state index in [1.807, 2.05) is 12.4 Å². The minimum Gasteiger partial charge on any atom is -0.260 e. The van der Waals surface area contributed by atoms with E-state index in [2.05, 4.69) is 75.8 Å². The maximum absolute atomic E-state index is 4.64. The zero-order valence-electron chi connectivity index (χ0n) is 14.1. The van der Waals surface area contributed by atoms with Crippen LogP contribution in [0, 0.1) is 0 Å².